The minimum atomic E-state index is -0.192. The van der Waals surface area contributed by atoms with Gasteiger partial charge in [-0.2, -0.15) is 0 Å². The predicted molar refractivity (Wildman–Crippen MR) is 106 cm³/mol. The van der Waals surface area contributed by atoms with Crippen LogP contribution in [0.2, 0.25) is 0 Å². The number of amides is 1. The van der Waals surface area contributed by atoms with Crippen molar-refractivity contribution in [1.29, 1.82) is 0 Å². The van der Waals surface area contributed by atoms with Crippen LogP contribution in [-0.2, 0) is 4.79 Å². The molecule has 0 saturated carbocycles. The van der Waals surface area contributed by atoms with Gasteiger partial charge in [0.1, 0.15) is 10.7 Å². The van der Waals surface area contributed by atoms with E-state index in [0.717, 1.165) is 23.3 Å². The van der Waals surface area contributed by atoms with Gasteiger partial charge in [-0.15, -0.1) is 0 Å². The van der Waals surface area contributed by atoms with Crippen LogP contribution in [0.15, 0.2) is 54.6 Å². The zero-order valence-electron chi connectivity index (χ0n) is 14.7. The number of hydrogen-bond acceptors (Lipinski definition) is 4. The third-order valence-corrected chi connectivity index (χ3v) is 4.88. The van der Waals surface area contributed by atoms with Gasteiger partial charge in [-0.1, -0.05) is 60.7 Å². The molecule has 2 aromatic carbocycles. The molecule has 136 valence electrons. The second-order valence-electron chi connectivity index (χ2n) is 6.33. The van der Waals surface area contributed by atoms with Crippen molar-refractivity contribution in [3.05, 3.63) is 65.7 Å². The third-order valence-electron chi connectivity index (χ3n) is 4.55. The lowest BCUT2D eigenvalue weighted by Gasteiger charge is -2.40. The maximum absolute atomic E-state index is 12.5. The van der Waals surface area contributed by atoms with E-state index in [-0.39, 0.29) is 17.9 Å². The van der Waals surface area contributed by atoms with Gasteiger partial charge in [-0.25, -0.2) is 5.01 Å². The number of carbonyl (C=O) groups is 1. The molecule has 0 aromatic heterocycles. The van der Waals surface area contributed by atoms with Crippen molar-refractivity contribution in [3.63, 3.8) is 0 Å². The van der Waals surface area contributed by atoms with Gasteiger partial charge in [0.25, 0.3) is 0 Å². The first kappa shape index (κ1) is 18.4. The molecule has 0 bridgehead atoms. The van der Waals surface area contributed by atoms with Gasteiger partial charge in [0.2, 0.25) is 5.91 Å². The predicted octanol–water partition coefficient (Wildman–Crippen LogP) is 2.81. The van der Waals surface area contributed by atoms with E-state index in [9.17, 15) is 4.79 Å². The monoisotopic (exact) mass is 369 g/mol. The Labute approximate surface area is 159 Å². The molecule has 6 heteroatoms. The molecule has 0 saturated heterocycles. The largest absolute Gasteiger partial charge is 0.493 e. The van der Waals surface area contributed by atoms with Crippen LogP contribution < -0.4 is 15.9 Å². The summed E-state index contributed by atoms with van der Waals surface area (Å²) in [5.41, 5.74) is 10.8. The molecule has 0 spiro atoms. The van der Waals surface area contributed by atoms with E-state index in [1.807, 2.05) is 54.6 Å². The molecule has 3 N–H and O–H groups in total. The van der Waals surface area contributed by atoms with Gasteiger partial charge >= 0.3 is 0 Å². The molecule has 1 amide bonds. The lowest BCUT2D eigenvalue weighted by Crippen LogP contribution is -2.51. The molecule has 5 nitrogen and oxygen atoms in total. The van der Waals surface area contributed by atoms with Crippen LogP contribution >= 0.6 is 12.2 Å². The van der Waals surface area contributed by atoms with E-state index in [4.69, 9.17) is 22.7 Å². The zero-order valence-corrected chi connectivity index (χ0v) is 15.5. The average Bonchev–Trinajstić information content (AvgIpc) is 2.67. The van der Waals surface area contributed by atoms with Gasteiger partial charge in [-0.05, 0) is 19.0 Å². The Hall–Kier alpha value is -2.44. The smallest absolute Gasteiger partial charge is 0.238 e. The fraction of sp³-hybridized carbons (Fsp3) is 0.300. The summed E-state index contributed by atoms with van der Waals surface area (Å²) in [6, 6.07) is 17.2. The van der Waals surface area contributed by atoms with Crippen LogP contribution in [0.3, 0.4) is 0 Å². The van der Waals surface area contributed by atoms with Crippen LogP contribution in [0.25, 0.3) is 0 Å². The highest BCUT2D eigenvalue weighted by Crippen LogP contribution is 2.40. The number of hydrogen-bond donors (Lipinski definition) is 2. The number of hydrazine groups is 1. The number of thiocarbonyl (C=S) groups is 1. The number of nitrogens with one attached hydrogen (secondary N) is 1. The highest BCUT2D eigenvalue weighted by Gasteiger charge is 2.36. The molecule has 2 aromatic rings. The maximum atomic E-state index is 12.5. The maximum Gasteiger partial charge on any atom is 0.238 e. The highest BCUT2D eigenvalue weighted by atomic mass is 32.1. The van der Waals surface area contributed by atoms with Crippen LogP contribution in [0.1, 0.15) is 30.5 Å². The molecule has 1 aliphatic heterocycles. The molecule has 3 rings (SSSR count). The summed E-state index contributed by atoms with van der Waals surface area (Å²) in [6.07, 6.45) is 0.753. The van der Waals surface area contributed by atoms with E-state index in [1.165, 1.54) is 6.92 Å². The van der Waals surface area contributed by atoms with Gasteiger partial charge in [0.15, 0.2) is 0 Å². The number of carbonyl (C=O) groups excluding carboxylic acids is 1. The third kappa shape index (κ3) is 3.86. The van der Waals surface area contributed by atoms with Crippen molar-refractivity contribution in [1.82, 2.24) is 10.4 Å². The van der Waals surface area contributed by atoms with E-state index >= 15 is 0 Å². The second kappa shape index (κ2) is 8.29. The fourth-order valence-electron chi connectivity index (χ4n) is 3.31. The highest BCUT2D eigenvalue weighted by molar-refractivity contribution is 7.80. The summed E-state index contributed by atoms with van der Waals surface area (Å²) in [5.74, 6) is 0.779. The Morgan fingerprint density at radius 3 is 2.62 bits per heavy atom. The number of benzene rings is 2. The molecule has 0 fully saturated rings. The second-order valence-corrected chi connectivity index (χ2v) is 6.74. The van der Waals surface area contributed by atoms with Crippen molar-refractivity contribution < 1.29 is 9.53 Å². The van der Waals surface area contributed by atoms with Crippen molar-refractivity contribution >= 4 is 23.1 Å². The topological polar surface area (TPSA) is 67.6 Å². The molecule has 1 heterocycles. The Balaban J connectivity index is 1.94. The number of rotatable bonds is 4. The van der Waals surface area contributed by atoms with E-state index in [2.05, 4.69) is 5.43 Å². The summed E-state index contributed by atoms with van der Waals surface area (Å²) in [6.45, 7) is 2.59. The number of para-hydroxylation sites is 1. The quantitative estimate of drug-likeness (QED) is 0.641. The van der Waals surface area contributed by atoms with Gasteiger partial charge in [-0.3, -0.25) is 10.2 Å². The first-order valence-corrected chi connectivity index (χ1v) is 9.10. The SMILES string of the molecule is CC(=O)N(NC(=S)c1ccccc1)C1c2ccccc2OCC1CCN. The molecular weight excluding hydrogens is 346 g/mol. The number of ether oxygens (including phenoxy) is 1. The Kier molecular flexibility index (Phi) is 5.85. The van der Waals surface area contributed by atoms with Crippen LogP contribution in [-0.4, -0.2) is 29.1 Å². The molecule has 1 aliphatic rings. The molecular formula is C20H23N3O2S. The molecule has 2 atom stereocenters. The lowest BCUT2D eigenvalue weighted by molar-refractivity contribution is -0.135. The summed E-state index contributed by atoms with van der Waals surface area (Å²) < 4.78 is 5.88. The van der Waals surface area contributed by atoms with Crippen molar-refractivity contribution in [3.8, 4) is 5.75 Å². The van der Waals surface area contributed by atoms with Gasteiger partial charge < -0.3 is 10.5 Å². The fourth-order valence-corrected chi connectivity index (χ4v) is 3.55. The van der Waals surface area contributed by atoms with E-state index in [0.29, 0.717) is 18.1 Å². The molecule has 0 aliphatic carbocycles. The normalized spacial score (nSPS) is 18.4. The summed E-state index contributed by atoms with van der Waals surface area (Å²) in [5, 5.41) is 1.62. The number of fused-ring (bicyclic) bond motifs is 1. The first-order valence-electron chi connectivity index (χ1n) is 8.69. The van der Waals surface area contributed by atoms with Crippen molar-refractivity contribution in [2.24, 2.45) is 11.7 Å². The summed E-state index contributed by atoms with van der Waals surface area (Å²) in [4.78, 5) is 13.0. The van der Waals surface area contributed by atoms with Crippen LogP contribution in [0.5, 0.6) is 5.75 Å². The minimum absolute atomic E-state index is 0.0878. The van der Waals surface area contributed by atoms with Gasteiger partial charge in [0, 0.05) is 24.0 Å². The number of nitrogens with zero attached hydrogens (tertiary/aromatic N) is 1. The first-order chi connectivity index (χ1) is 12.6. The van der Waals surface area contributed by atoms with Crippen LogP contribution in [0.4, 0.5) is 0 Å². The zero-order chi connectivity index (χ0) is 18.5. The van der Waals surface area contributed by atoms with E-state index in [1.54, 1.807) is 5.01 Å². The molecule has 0 radical (unpaired) electrons. The van der Waals surface area contributed by atoms with Crippen molar-refractivity contribution in [2.45, 2.75) is 19.4 Å². The van der Waals surface area contributed by atoms with Crippen molar-refractivity contribution in [2.75, 3.05) is 13.2 Å². The summed E-state index contributed by atoms with van der Waals surface area (Å²) >= 11 is 5.53. The minimum Gasteiger partial charge on any atom is -0.493 e. The van der Waals surface area contributed by atoms with Gasteiger partial charge in [0.05, 0.1) is 12.6 Å². The average molecular weight is 369 g/mol. The molecule has 2 unspecified atom stereocenters. The van der Waals surface area contributed by atoms with E-state index < -0.39 is 0 Å². The standard InChI is InChI=1S/C20H23N3O2S/c1-14(24)23(22-20(26)15-7-3-2-4-8-15)19-16(11-12-21)13-25-18-10-6-5-9-17(18)19/h2-10,16,19H,11-13,21H2,1H3,(H,22,26). The lowest BCUT2D eigenvalue weighted by atomic mass is 9.87. The van der Waals surface area contributed by atoms with Crippen LogP contribution in [0, 0.1) is 5.92 Å². The Morgan fingerprint density at radius 1 is 1.23 bits per heavy atom. The Bertz CT molecular complexity index is 782. The number of nitrogens with two attached hydrogens (primary N) is 1. The summed E-state index contributed by atoms with van der Waals surface area (Å²) in [7, 11) is 0. The Morgan fingerprint density at radius 2 is 1.92 bits per heavy atom. The molecule has 26 heavy (non-hydrogen) atoms.